The molecule has 2 amide bonds. The smallest absolute Gasteiger partial charge is 0.416 e. The molecule has 1 fully saturated rings. The predicted octanol–water partition coefficient (Wildman–Crippen LogP) is 6.41. The van der Waals surface area contributed by atoms with E-state index in [0.717, 1.165) is 22.3 Å². The number of rotatable bonds is 7. The number of amides is 2. The van der Waals surface area contributed by atoms with Crippen molar-refractivity contribution in [1.29, 1.82) is 0 Å². The summed E-state index contributed by atoms with van der Waals surface area (Å²) in [7, 11) is 0. The molecule has 0 N–H and O–H groups in total. The Kier molecular flexibility index (Phi) is 7.85. The topological polar surface area (TPSA) is 85.4 Å². The zero-order chi connectivity index (χ0) is 28.9. The van der Waals surface area contributed by atoms with Crippen molar-refractivity contribution in [3.8, 4) is 0 Å². The van der Waals surface area contributed by atoms with Gasteiger partial charge in [0.2, 0.25) is 0 Å². The van der Waals surface area contributed by atoms with Gasteiger partial charge in [-0.1, -0.05) is 109 Å². The van der Waals surface area contributed by atoms with Gasteiger partial charge in [-0.15, -0.1) is 0 Å². The van der Waals surface area contributed by atoms with Gasteiger partial charge in [0, 0.05) is 5.92 Å². The Bertz CT molecular complexity index is 1550. The quantitative estimate of drug-likeness (QED) is 0.191. The monoisotopic (exact) mass is 562 g/mol. The maximum absolute atomic E-state index is 13.8. The molecule has 0 unspecified atom stereocenters. The maximum atomic E-state index is 13.8. The third-order valence-electron chi connectivity index (χ3n) is 7.63. The number of likely N-dealkylation sites (tertiary alicyclic amines) is 1. The second-order valence-corrected chi connectivity index (χ2v) is 10.3. The molecule has 42 heavy (non-hydrogen) atoms. The second kappa shape index (κ2) is 12.2. The molecule has 4 aromatic carbocycles. The third-order valence-corrected chi connectivity index (χ3v) is 7.63. The Balaban J connectivity index is 1.29. The van der Waals surface area contributed by atoms with E-state index in [1.54, 1.807) is 0 Å². The lowest BCUT2D eigenvalue weighted by Crippen LogP contribution is -2.54. The molecule has 2 heterocycles. The first-order valence-corrected chi connectivity index (χ1v) is 13.9. The summed E-state index contributed by atoms with van der Waals surface area (Å²) in [6.45, 7) is 0.152. The molecule has 0 saturated carbocycles. The zero-order valence-corrected chi connectivity index (χ0v) is 22.9. The molecule has 2 aliphatic heterocycles. The van der Waals surface area contributed by atoms with Crippen molar-refractivity contribution in [2.45, 2.75) is 44.4 Å². The molecular formula is C34H30N2O6. The summed E-state index contributed by atoms with van der Waals surface area (Å²) >= 11 is 0. The van der Waals surface area contributed by atoms with E-state index < -0.39 is 30.4 Å². The van der Waals surface area contributed by atoms with Crippen molar-refractivity contribution >= 4 is 23.8 Å². The number of benzene rings is 4. The Morgan fingerprint density at radius 3 is 1.64 bits per heavy atom. The molecule has 212 valence electrons. The van der Waals surface area contributed by atoms with Crippen LogP contribution in [0, 0.1) is 0 Å². The van der Waals surface area contributed by atoms with Crippen LogP contribution in [0.25, 0.3) is 0 Å². The van der Waals surface area contributed by atoms with E-state index in [9.17, 15) is 14.4 Å². The number of esters is 1. The van der Waals surface area contributed by atoms with Gasteiger partial charge in [-0.3, -0.25) is 9.80 Å². The number of hydrogen-bond acceptors (Lipinski definition) is 6. The lowest BCUT2D eigenvalue weighted by molar-refractivity contribution is -0.150. The number of para-hydroxylation sites is 1. The number of hydrogen-bond donors (Lipinski definition) is 0. The third kappa shape index (κ3) is 5.56. The minimum absolute atomic E-state index is 0.0186. The molecule has 0 radical (unpaired) electrons. The molecule has 0 spiro atoms. The molecule has 0 aromatic heterocycles. The molecule has 8 nitrogen and oxygen atoms in total. The summed E-state index contributed by atoms with van der Waals surface area (Å²) < 4.78 is 17.1. The SMILES string of the molecule is O=C(OCc1ccccc1)[C@@H]1C[C@@H]2c3ccccc3N(C(=O)OCc3ccccc3)[C@@H]2N1C(=O)OCc1ccccc1. The van der Waals surface area contributed by atoms with Crippen LogP contribution in [0.4, 0.5) is 15.3 Å². The Morgan fingerprint density at radius 1 is 0.595 bits per heavy atom. The number of ether oxygens (including phenoxy) is 3. The van der Waals surface area contributed by atoms with E-state index in [4.69, 9.17) is 14.2 Å². The lowest BCUT2D eigenvalue weighted by Gasteiger charge is -2.33. The van der Waals surface area contributed by atoms with Crippen LogP contribution in [-0.4, -0.2) is 35.3 Å². The van der Waals surface area contributed by atoms with Crippen molar-refractivity contribution < 1.29 is 28.6 Å². The predicted molar refractivity (Wildman–Crippen MR) is 155 cm³/mol. The van der Waals surface area contributed by atoms with Gasteiger partial charge in [0.25, 0.3) is 0 Å². The van der Waals surface area contributed by atoms with Crippen LogP contribution in [-0.2, 0) is 38.8 Å². The fourth-order valence-corrected chi connectivity index (χ4v) is 5.67. The lowest BCUT2D eigenvalue weighted by atomic mass is 9.96. The van der Waals surface area contributed by atoms with Gasteiger partial charge < -0.3 is 14.2 Å². The van der Waals surface area contributed by atoms with Crippen LogP contribution < -0.4 is 4.90 Å². The van der Waals surface area contributed by atoms with Crippen LogP contribution >= 0.6 is 0 Å². The summed E-state index contributed by atoms with van der Waals surface area (Å²) in [5.74, 6) is -0.885. The summed E-state index contributed by atoms with van der Waals surface area (Å²) in [6.07, 6.45) is -1.86. The molecule has 8 heteroatoms. The van der Waals surface area contributed by atoms with Gasteiger partial charge in [0.05, 0.1) is 5.69 Å². The Hall–Kier alpha value is -5.11. The zero-order valence-electron chi connectivity index (χ0n) is 22.9. The molecule has 4 aromatic rings. The van der Waals surface area contributed by atoms with Crippen molar-refractivity contribution in [2.24, 2.45) is 0 Å². The highest BCUT2D eigenvalue weighted by molar-refractivity contribution is 5.94. The number of nitrogens with zero attached hydrogens (tertiary/aromatic N) is 2. The van der Waals surface area contributed by atoms with E-state index in [1.807, 2.05) is 115 Å². The minimum Gasteiger partial charge on any atom is -0.459 e. The fourth-order valence-electron chi connectivity index (χ4n) is 5.67. The largest absolute Gasteiger partial charge is 0.459 e. The average Bonchev–Trinajstić information content (AvgIpc) is 3.58. The van der Waals surface area contributed by atoms with Gasteiger partial charge >= 0.3 is 18.2 Å². The van der Waals surface area contributed by atoms with Crippen molar-refractivity contribution in [1.82, 2.24) is 4.90 Å². The standard InChI is InChI=1S/C34H30N2O6/c37-32(40-21-24-12-4-1-5-13-24)30-20-28-27-18-10-11-19-29(27)35(33(38)41-22-25-14-6-2-7-15-25)31(28)36(30)34(39)42-23-26-16-8-3-9-17-26/h1-19,28,30-31H,20-23H2/t28-,30+,31-/m1/s1. The fraction of sp³-hybridized carbons (Fsp3) is 0.206. The maximum Gasteiger partial charge on any atom is 0.416 e. The molecule has 0 bridgehead atoms. The first-order valence-electron chi connectivity index (χ1n) is 13.9. The van der Waals surface area contributed by atoms with Crippen molar-refractivity contribution in [3.63, 3.8) is 0 Å². The van der Waals surface area contributed by atoms with Crippen LogP contribution in [0.15, 0.2) is 115 Å². The minimum atomic E-state index is -0.954. The number of carbonyl (C=O) groups excluding carboxylic acids is 3. The van der Waals surface area contributed by atoms with E-state index in [2.05, 4.69) is 0 Å². The van der Waals surface area contributed by atoms with Gasteiger partial charge in [-0.2, -0.15) is 0 Å². The second-order valence-electron chi connectivity index (χ2n) is 10.3. The van der Waals surface area contributed by atoms with Crippen molar-refractivity contribution in [2.75, 3.05) is 4.90 Å². The first-order chi connectivity index (χ1) is 20.6. The van der Waals surface area contributed by atoms with Crippen LogP contribution in [0.3, 0.4) is 0 Å². The molecule has 0 aliphatic carbocycles. The normalized spacial score (nSPS) is 18.6. The van der Waals surface area contributed by atoms with Crippen LogP contribution in [0.5, 0.6) is 0 Å². The highest BCUT2D eigenvalue weighted by Crippen LogP contribution is 2.50. The van der Waals surface area contributed by atoms with Gasteiger partial charge in [-0.05, 0) is 34.7 Å². The summed E-state index contributed by atoms with van der Waals surface area (Å²) in [4.78, 5) is 43.8. The summed E-state index contributed by atoms with van der Waals surface area (Å²) in [5.41, 5.74) is 3.97. The van der Waals surface area contributed by atoms with E-state index in [-0.39, 0.29) is 32.2 Å². The summed E-state index contributed by atoms with van der Waals surface area (Å²) in [5, 5.41) is 0. The molecule has 1 saturated heterocycles. The molecule has 2 aliphatic rings. The van der Waals surface area contributed by atoms with E-state index in [0.29, 0.717) is 5.69 Å². The number of anilines is 1. The van der Waals surface area contributed by atoms with E-state index in [1.165, 1.54) is 9.80 Å². The Morgan fingerprint density at radius 2 is 1.07 bits per heavy atom. The van der Waals surface area contributed by atoms with Gasteiger partial charge in [-0.25, -0.2) is 14.4 Å². The van der Waals surface area contributed by atoms with Crippen molar-refractivity contribution in [3.05, 3.63) is 138 Å². The highest BCUT2D eigenvalue weighted by atomic mass is 16.6. The highest BCUT2D eigenvalue weighted by Gasteiger charge is 2.57. The number of carbonyl (C=O) groups is 3. The Labute approximate surface area is 244 Å². The first kappa shape index (κ1) is 27.1. The van der Waals surface area contributed by atoms with Gasteiger partial charge in [0.15, 0.2) is 0 Å². The average molecular weight is 563 g/mol. The van der Waals surface area contributed by atoms with Gasteiger partial charge in [0.1, 0.15) is 32.0 Å². The summed E-state index contributed by atoms with van der Waals surface area (Å²) in [6, 6.07) is 34.5. The number of fused-ring (bicyclic) bond motifs is 3. The molecular weight excluding hydrogens is 532 g/mol. The van der Waals surface area contributed by atoms with E-state index >= 15 is 0 Å². The van der Waals surface area contributed by atoms with Crippen LogP contribution in [0.1, 0.15) is 34.6 Å². The van der Waals surface area contributed by atoms with Crippen LogP contribution in [0.2, 0.25) is 0 Å². The molecule has 6 rings (SSSR count). The molecule has 3 atom stereocenters.